The van der Waals surface area contributed by atoms with E-state index in [0.717, 1.165) is 12.2 Å². The molecule has 0 heterocycles. The number of carbonyl (C=O) groups excluding carboxylic acids is 2. The molecular weight excluding hydrogens is 280 g/mol. The fraction of sp³-hybridized carbons (Fsp3) is 0.286. The third kappa shape index (κ3) is 2.43. The second-order valence-electron chi connectivity index (χ2n) is 4.21. The van der Waals surface area contributed by atoms with Crippen molar-refractivity contribution in [3.63, 3.8) is 0 Å². The zero-order valence-electron chi connectivity index (χ0n) is 11.5. The fourth-order valence-electron chi connectivity index (χ4n) is 2.03. The van der Waals surface area contributed by atoms with Crippen LogP contribution in [0.4, 0.5) is 0 Å². The topological polar surface area (TPSA) is 102 Å². The van der Waals surface area contributed by atoms with E-state index in [1.54, 1.807) is 0 Å². The molecule has 112 valence electrons. The van der Waals surface area contributed by atoms with Gasteiger partial charge in [0.15, 0.2) is 23.1 Å². The lowest BCUT2D eigenvalue weighted by Crippen LogP contribution is -2.14. The molecule has 2 N–H and O–H groups in total. The Balaban J connectivity index is 2.63. The van der Waals surface area contributed by atoms with E-state index in [1.165, 1.54) is 14.2 Å². The average Bonchev–Trinajstić information content (AvgIpc) is 2.46. The first-order valence-corrected chi connectivity index (χ1v) is 6.07. The number of phenolic OH excluding ortho intramolecular Hbond substituents is 2. The van der Waals surface area contributed by atoms with Crippen molar-refractivity contribution in [2.24, 2.45) is 0 Å². The minimum absolute atomic E-state index is 0.0661. The Morgan fingerprint density at radius 1 is 0.905 bits per heavy atom. The van der Waals surface area contributed by atoms with Gasteiger partial charge in [0.1, 0.15) is 6.61 Å². The summed E-state index contributed by atoms with van der Waals surface area (Å²) in [4.78, 5) is 23.7. The fourth-order valence-corrected chi connectivity index (χ4v) is 2.03. The third-order valence-corrected chi connectivity index (χ3v) is 2.98. The summed E-state index contributed by atoms with van der Waals surface area (Å²) in [5, 5.41) is 20.3. The normalized spacial score (nSPS) is 13.2. The minimum atomic E-state index is -0.600. The maximum atomic E-state index is 11.9. The van der Waals surface area contributed by atoms with Crippen molar-refractivity contribution in [3.05, 3.63) is 23.3 Å². The molecule has 21 heavy (non-hydrogen) atoms. The number of rotatable bonds is 5. The zero-order valence-corrected chi connectivity index (χ0v) is 11.5. The Labute approximate surface area is 120 Å². The highest BCUT2D eigenvalue weighted by atomic mass is 16.5. The molecule has 2 rings (SSSR count). The van der Waals surface area contributed by atoms with Crippen LogP contribution in [0.1, 0.15) is 20.7 Å². The molecule has 0 amide bonds. The van der Waals surface area contributed by atoms with Crippen molar-refractivity contribution in [1.29, 1.82) is 0 Å². The van der Waals surface area contributed by atoms with Gasteiger partial charge in [0.2, 0.25) is 11.5 Å². The molecule has 1 aliphatic rings. The number of fused-ring (bicyclic) bond motifs is 1. The molecule has 0 saturated carbocycles. The van der Waals surface area contributed by atoms with Gasteiger partial charge in [-0.2, -0.15) is 0 Å². The third-order valence-electron chi connectivity index (χ3n) is 2.98. The number of allylic oxidation sites excluding steroid dienone is 2. The Bertz CT molecular complexity index is 631. The molecule has 0 aliphatic heterocycles. The molecule has 0 unspecified atom stereocenters. The molecule has 0 radical (unpaired) electrons. The lowest BCUT2D eigenvalue weighted by atomic mass is 9.92. The number of carbonyl (C=O) groups is 2. The van der Waals surface area contributed by atoms with E-state index in [0.29, 0.717) is 0 Å². The van der Waals surface area contributed by atoms with Gasteiger partial charge in [-0.05, 0) is 12.2 Å². The first-order chi connectivity index (χ1) is 10.0. The number of hydrogen-bond acceptors (Lipinski definition) is 7. The predicted molar refractivity (Wildman–Crippen MR) is 71.5 cm³/mol. The van der Waals surface area contributed by atoms with Gasteiger partial charge in [-0.15, -0.1) is 0 Å². The summed E-state index contributed by atoms with van der Waals surface area (Å²) in [6, 6.07) is 0. The smallest absolute Gasteiger partial charge is 0.208 e. The molecule has 0 aromatic heterocycles. The molecule has 7 heteroatoms. The molecule has 1 aromatic rings. The van der Waals surface area contributed by atoms with Gasteiger partial charge in [-0.25, -0.2) is 0 Å². The van der Waals surface area contributed by atoms with Crippen molar-refractivity contribution >= 4 is 11.6 Å². The van der Waals surface area contributed by atoms with Crippen LogP contribution in [0.25, 0.3) is 0 Å². The lowest BCUT2D eigenvalue weighted by molar-refractivity contribution is 0.0986. The Kier molecular flexibility index (Phi) is 4.13. The zero-order chi connectivity index (χ0) is 15.6. The van der Waals surface area contributed by atoms with Crippen LogP contribution >= 0.6 is 0 Å². The summed E-state index contributed by atoms with van der Waals surface area (Å²) >= 11 is 0. The van der Waals surface area contributed by atoms with Crippen LogP contribution in [0, 0.1) is 0 Å². The summed E-state index contributed by atoms with van der Waals surface area (Å²) < 4.78 is 15.1. The SMILES string of the molecule is COCCOc1c(O)c2c(c(O)c1OC)C(=O)C=CC2=O. The van der Waals surface area contributed by atoms with Gasteiger partial charge in [-0.3, -0.25) is 9.59 Å². The highest BCUT2D eigenvalue weighted by molar-refractivity contribution is 6.25. The van der Waals surface area contributed by atoms with E-state index in [9.17, 15) is 19.8 Å². The molecular formula is C14H14O7. The van der Waals surface area contributed by atoms with E-state index >= 15 is 0 Å². The van der Waals surface area contributed by atoms with Crippen LogP contribution in [0.15, 0.2) is 12.2 Å². The standard InChI is InChI=1S/C14H14O7/c1-19-5-6-21-14-12(18)10-8(16)4-3-7(15)9(10)11(17)13(14)20-2/h3-4,17-18H,5-6H2,1-2H3. The minimum Gasteiger partial charge on any atom is -0.504 e. The van der Waals surface area contributed by atoms with Gasteiger partial charge in [0, 0.05) is 7.11 Å². The molecule has 1 aromatic carbocycles. The highest BCUT2D eigenvalue weighted by Crippen LogP contribution is 2.49. The summed E-state index contributed by atoms with van der Waals surface area (Å²) in [5.41, 5.74) is -0.593. The summed E-state index contributed by atoms with van der Waals surface area (Å²) in [5.74, 6) is -2.70. The van der Waals surface area contributed by atoms with Gasteiger partial charge < -0.3 is 24.4 Å². The lowest BCUT2D eigenvalue weighted by Gasteiger charge is -2.19. The first-order valence-electron chi connectivity index (χ1n) is 6.07. The van der Waals surface area contributed by atoms with Crippen molar-refractivity contribution in [2.75, 3.05) is 27.4 Å². The quantitative estimate of drug-likeness (QED) is 0.618. The Hall–Kier alpha value is -2.54. The van der Waals surface area contributed by atoms with Crippen LogP contribution in [0.2, 0.25) is 0 Å². The monoisotopic (exact) mass is 294 g/mol. The number of ketones is 2. The molecule has 7 nitrogen and oxygen atoms in total. The highest BCUT2D eigenvalue weighted by Gasteiger charge is 2.33. The van der Waals surface area contributed by atoms with Gasteiger partial charge in [0.25, 0.3) is 0 Å². The van der Waals surface area contributed by atoms with Gasteiger partial charge >= 0.3 is 0 Å². The van der Waals surface area contributed by atoms with Crippen molar-refractivity contribution in [1.82, 2.24) is 0 Å². The number of methoxy groups -OCH3 is 2. The van der Waals surface area contributed by atoms with Crippen molar-refractivity contribution in [2.45, 2.75) is 0 Å². The molecule has 0 saturated heterocycles. The van der Waals surface area contributed by atoms with Crippen LogP contribution in [0.3, 0.4) is 0 Å². The first kappa shape index (κ1) is 14.9. The van der Waals surface area contributed by atoms with Crippen molar-refractivity contribution < 1.29 is 34.0 Å². The number of phenols is 2. The second kappa shape index (κ2) is 5.84. The van der Waals surface area contributed by atoms with Gasteiger partial charge in [-0.1, -0.05) is 0 Å². The van der Waals surface area contributed by atoms with Crippen molar-refractivity contribution in [3.8, 4) is 23.0 Å². The van der Waals surface area contributed by atoms with E-state index in [4.69, 9.17) is 14.2 Å². The summed E-state index contributed by atoms with van der Waals surface area (Å²) in [7, 11) is 2.72. The van der Waals surface area contributed by atoms with E-state index in [1.807, 2.05) is 0 Å². The molecule has 0 atom stereocenters. The summed E-state index contributed by atoms with van der Waals surface area (Å²) in [6.07, 6.45) is 2.05. The van der Waals surface area contributed by atoms with Crippen LogP contribution in [-0.4, -0.2) is 49.2 Å². The van der Waals surface area contributed by atoms with E-state index in [-0.39, 0.29) is 35.8 Å². The number of ether oxygens (including phenoxy) is 3. The molecule has 0 spiro atoms. The van der Waals surface area contributed by atoms with E-state index < -0.39 is 23.1 Å². The Morgan fingerprint density at radius 3 is 1.90 bits per heavy atom. The predicted octanol–water partition coefficient (Wildman–Crippen LogP) is 1.07. The average molecular weight is 294 g/mol. The number of benzene rings is 1. The second-order valence-corrected chi connectivity index (χ2v) is 4.21. The molecule has 0 fully saturated rings. The van der Waals surface area contributed by atoms with E-state index in [2.05, 4.69) is 0 Å². The van der Waals surface area contributed by atoms with Crippen LogP contribution in [-0.2, 0) is 4.74 Å². The Morgan fingerprint density at radius 2 is 1.43 bits per heavy atom. The largest absolute Gasteiger partial charge is 0.504 e. The molecule has 0 bridgehead atoms. The maximum absolute atomic E-state index is 11.9. The van der Waals surface area contributed by atoms with Crippen LogP contribution in [0.5, 0.6) is 23.0 Å². The maximum Gasteiger partial charge on any atom is 0.208 e. The van der Waals surface area contributed by atoms with Gasteiger partial charge in [0.05, 0.1) is 24.8 Å². The van der Waals surface area contributed by atoms with Crippen LogP contribution < -0.4 is 9.47 Å². The number of aromatic hydroxyl groups is 2. The molecule has 1 aliphatic carbocycles. The summed E-state index contributed by atoms with van der Waals surface area (Å²) in [6.45, 7) is 0.295. The number of hydrogen-bond donors (Lipinski definition) is 2.